The Labute approximate surface area is 131 Å². The maximum absolute atomic E-state index is 11.8. The number of anilines is 1. The summed E-state index contributed by atoms with van der Waals surface area (Å²) >= 11 is 0. The van der Waals surface area contributed by atoms with E-state index in [0.29, 0.717) is 6.42 Å². The third kappa shape index (κ3) is 6.61. The number of benzene rings is 1. The van der Waals surface area contributed by atoms with E-state index in [1.54, 1.807) is 0 Å². The molecule has 1 aromatic rings. The average molecular weight is 307 g/mol. The van der Waals surface area contributed by atoms with E-state index in [9.17, 15) is 14.7 Å². The molecule has 0 bridgehead atoms. The van der Waals surface area contributed by atoms with E-state index in [1.165, 1.54) is 37.8 Å². The first-order chi connectivity index (χ1) is 10.5. The first-order valence-electron chi connectivity index (χ1n) is 7.90. The number of aromatic carboxylic acids is 1. The highest BCUT2D eigenvalue weighted by Gasteiger charge is 2.13. The van der Waals surface area contributed by atoms with Crippen LogP contribution in [0.2, 0.25) is 0 Å². The predicted molar refractivity (Wildman–Crippen MR) is 86.3 cm³/mol. The third-order valence-corrected chi connectivity index (χ3v) is 3.52. The second-order valence-electron chi connectivity index (χ2n) is 5.45. The van der Waals surface area contributed by atoms with Gasteiger partial charge in [-0.1, -0.05) is 45.4 Å². The van der Waals surface area contributed by atoms with Crippen LogP contribution in [-0.4, -0.2) is 22.1 Å². The summed E-state index contributed by atoms with van der Waals surface area (Å²) in [6.45, 7) is 2.18. The van der Waals surface area contributed by atoms with E-state index < -0.39 is 5.97 Å². The molecule has 0 saturated carbocycles. The van der Waals surface area contributed by atoms with Gasteiger partial charge in [-0.05, 0) is 24.6 Å². The van der Waals surface area contributed by atoms with Crippen molar-refractivity contribution in [3.05, 3.63) is 23.8 Å². The lowest BCUT2D eigenvalue weighted by Gasteiger charge is -2.09. The number of hydrogen-bond donors (Lipinski definition) is 3. The summed E-state index contributed by atoms with van der Waals surface area (Å²) in [6, 6.07) is 3.89. The van der Waals surface area contributed by atoms with E-state index >= 15 is 0 Å². The molecule has 1 amide bonds. The Hall–Kier alpha value is -2.04. The monoisotopic (exact) mass is 307 g/mol. The molecule has 22 heavy (non-hydrogen) atoms. The largest absolute Gasteiger partial charge is 0.508 e. The van der Waals surface area contributed by atoms with E-state index in [0.717, 1.165) is 25.3 Å². The molecule has 122 valence electrons. The van der Waals surface area contributed by atoms with Gasteiger partial charge in [0.25, 0.3) is 0 Å². The molecule has 5 heteroatoms. The minimum Gasteiger partial charge on any atom is -0.508 e. The quantitative estimate of drug-likeness (QED) is 0.447. The van der Waals surface area contributed by atoms with Crippen LogP contribution >= 0.6 is 0 Å². The zero-order valence-corrected chi connectivity index (χ0v) is 13.1. The van der Waals surface area contributed by atoms with Crippen LogP contribution in [0.4, 0.5) is 5.69 Å². The molecule has 0 atom stereocenters. The topological polar surface area (TPSA) is 86.6 Å². The van der Waals surface area contributed by atoms with Gasteiger partial charge in [0.1, 0.15) is 5.75 Å². The fourth-order valence-corrected chi connectivity index (χ4v) is 2.27. The van der Waals surface area contributed by atoms with Crippen LogP contribution in [-0.2, 0) is 4.79 Å². The Morgan fingerprint density at radius 3 is 2.32 bits per heavy atom. The van der Waals surface area contributed by atoms with Crippen LogP contribution in [0.15, 0.2) is 18.2 Å². The molecule has 0 unspecified atom stereocenters. The van der Waals surface area contributed by atoms with Gasteiger partial charge in [-0.25, -0.2) is 4.79 Å². The highest BCUT2D eigenvalue weighted by molar-refractivity contribution is 6.00. The predicted octanol–water partition coefficient (Wildman–Crippen LogP) is 4.17. The Bertz CT molecular complexity index is 499. The number of unbranched alkanes of at least 4 members (excludes halogenated alkanes) is 6. The van der Waals surface area contributed by atoms with Gasteiger partial charge < -0.3 is 15.5 Å². The first kappa shape index (κ1) is 18.0. The molecule has 3 N–H and O–H groups in total. The van der Waals surface area contributed by atoms with Gasteiger partial charge in [-0.3, -0.25) is 4.79 Å². The standard InChI is InChI=1S/C17H25NO4/c1-2-3-4-5-6-7-8-9-16(20)18-15-11-10-13(19)12-14(15)17(21)22/h10-12,19H,2-9H2,1H3,(H,18,20)(H,21,22). The van der Waals surface area contributed by atoms with Gasteiger partial charge in [0.05, 0.1) is 11.3 Å². The van der Waals surface area contributed by atoms with Gasteiger partial charge in [-0.2, -0.15) is 0 Å². The number of hydrogen-bond acceptors (Lipinski definition) is 3. The molecule has 0 spiro atoms. The number of phenols is 1. The molecular weight excluding hydrogens is 282 g/mol. The summed E-state index contributed by atoms with van der Waals surface area (Å²) in [5.74, 6) is -1.51. The van der Waals surface area contributed by atoms with Crippen molar-refractivity contribution in [3.63, 3.8) is 0 Å². The van der Waals surface area contributed by atoms with Gasteiger partial charge >= 0.3 is 5.97 Å². The normalized spacial score (nSPS) is 10.4. The van der Waals surface area contributed by atoms with Crippen LogP contribution < -0.4 is 5.32 Å². The summed E-state index contributed by atoms with van der Waals surface area (Å²) in [6.07, 6.45) is 8.27. The third-order valence-electron chi connectivity index (χ3n) is 3.52. The van der Waals surface area contributed by atoms with E-state index in [4.69, 9.17) is 5.11 Å². The van der Waals surface area contributed by atoms with Crippen molar-refractivity contribution in [1.29, 1.82) is 0 Å². The minimum absolute atomic E-state index is 0.104. The summed E-state index contributed by atoms with van der Waals surface area (Å²) in [5, 5.41) is 21.0. The minimum atomic E-state index is -1.18. The fourth-order valence-electron chi connectivity index (χ4n) is 2.27. The zero-order chi connectivity index (χ0) is 16.4. The van der Waals surface area contributed by atoms with Crippen molar-refractivity contribution in [2.45, 2.75) is 58.3 Å². The van der Waals surface area contributed by atoms with Crippen molar-refractivity contribution >= 4 is 17.6 Å². The maximum Gasteiger partial charge on any atom is 0.337 e. The molecule has 0 radical (unpaired) electrons. The van der Waals surface area contributed by atoms with Gasteiger partial charge in [0, 0.05) is 6.42 Å². The number of rotatable bonds is 10. The molecule has 0 aliphatic heterocycles. The molecule has 5 nitrogen and oxygen atoms in total. The SMILES string of the molecule is CCCCCCCCCC(=O)Nc1ccc(O)cc1C(=O)O. The highest BCUT2D eigenvalue weighted by Crippen LogP contribution is 2.21. The Morgan fingerprint density at radius 1 is 1.05 bits per heavy atom. The number of aromatic hydroxyl groups is 1. The fraction of sp³-hybridized carbons (Fsp3) is 0.529. The number of nitrogens with one attached hydrogen (secondary N) is 1. The van der Waals surface area contributed by atoms with Crippen LogP contribution in [0, 0.1) is 0 Å². The number of carbonyl (C=O) groups excluding carboxylic acids is 1. The van der Waals surface area contributed by atoms with Crippen molar-refractivity contribution in [2.24, 2.45) is 0 Å². The summed E-state index contributed by atoms with van der Waals surface area (Å²) in [4.78, 5) is 22.9. The molecule has 0 saturated heterocycles. The van der Waals surface area contributed by atoms with Crippen molar-refractivity contribution in [1.82, 2.24) is 0 Å². The molecule has 0 aliphatic carbocycles. The zero-order valence-electron chi connectivity index (χ0n) is 13.1. The number of carbonyl (C=O) groups is 2. The van der Waals surface area contributed by atoms with Crippen LogP contribution in [0.25, 0.3) is 0 Å². The van der Waals surface area contributed by atoms with Crippen LogP contribution in [0.5, 0.6) is 5.75 Å². The van der Waals surface area contributed by atoms with E-state index in [1.807, 2.05) is 0 Å². The van der Waals surface area contributed by atoms with Crippen molar-refractivity contribution < 1.29 is 19.8 Å². The molecule has 0 aliphatic rings. The molecule has 1 aromatic carbocycles. The first-order valence-corrected chi connectivity index (χ1v) is 7.90. The Kier molecular flexibility index (Phi) is 8.04. The smallest absolute Gasteiger partial charge is 0.337 e. The Balaban J connectivity index is 2.35. The lowest BCUT2D eigenvalue weighted by molar-refractivity contribution is -0.116. The Morgan fingerprint density at radius 2 is 1.68 bits per heavy atom. The highest BCUT2D eigenvalue weighted by atomic mass is 16.4. The summed E-state index contributed by atoms with van der Waals surface area (Å²) < 4.78 is 0. The molecule has 0 fully saturated rings. The number of carboxylic acids is 1. The average Bonchev–Trinajstić information content (AvgIpc) is 2.48. The lowest BCUT2D eigenvalue weighted by Crippen LogP contribution is -2.14. The van der Waals surface area contributed by atoms with Crippen molar-refractivity contribution in [3.8, 4) is 5.75 Å². The second-order valence-corrected chi connectivity index (χ2v) is 5.45. The van der Waals surface area contributed by atoms with Crippen LogP contribution in [0.1, 0.15) is 68.6 Å². The molecule has 0 heterocycles. The number of amides is 1. The van der Waals surface area contributed by atoms with Gasteiger partial charge in [0.2, 0.25) is 5.91 Å². The number of phenolic OH excluding ortho intramolecular Hbond substituents is 1. The van der Waals surface area contributed by atoms with Crippen LogP contribution in [0.3, 0.4) is 0 Å². The lowest BCUT2D eigenvalue weighted by atomic mass is 10.1. The summed E-state index contributed by atoms with van der Waals surface area (Å²) in [5.41, 5.74) is 0.117. The van der Waals surface area contributed by atoms with Gasteiger partial charge in [-0.15, -0.1) is 0 Å². The van der Waals surface area contributed by atoms with Gasteiger partial charge in [0.15, 0.2) is 0 Å². The molecule has 0 aromatic heterocycles. The number of carboxylic acid groups (broad SMARTS) is 1. The van der Waals surface area contributed by atoms with Crippen molar-refractivity contribution in [2.75, 3.05) is 5.32 Å². The van der Waals surface area contributed by atoms with E-state index in [2.05, 4.69) is 12.2 Å². The summed E-state index contributed by atoms with van der Waals surface area (Å²) in [7, 11) is 0. The molecular formula is C17H25NO4. The molecule has 1 rings (SSSR count). The van der Waals surface area contributed by atoms with E-state index in [-0.39, 0.29) is 22.9 Å². The second kappa shape index (κ2) is 9.82. The maximum atomic E-state index is 11.8.